The fraction of sp³-hybridized carbons (Fsp3) is 0.724. The van der Waals surface area contributed by atoms with Gasteiger partial charge in [0.2, 0.25) is 0 Å². The van der Waals surface area contributed by atoms with E-state index in [4.69, 9.17) is 4.74 Å². The molecule has 0 aliphatic carbocycles. The van der Waals surface area contributed by atoms with Gasteiger partial charge in [0.05, 0.1) is 5.41 Å². The Kier molecular flexibility index (Phi) is 11.4. The van der Waals surface area contributed by atoms with Crippen LogP contribution in [0.25, 0.3) is 0 Å². The normalized spacial score (nSPS) is 14.3. The number of rotatable bonds is 8. The van der Waals surface area contributed by atoms with E-state index in [1.165, 1.54) is 11.1 Å². The predicted molar refractivity (Wildman–Crippen MR) is 137 cm³/mol. The summed E-state index contributed by atoms with van der Waals surface area (Å²) >= 11 is 0. The van der Waals surface area contributed by atoms with Gasteiger partial charge < -0.3 is 4.74 Å². The maximum absolute atomic E-state index is 12.2. The summed E-state index contributed by atoms with van der Waals surface area (Å²) in [7, 11) is 0. The second kappa shape index (κ2) is 12.0. The van der Waals surface area contributed by atoms with Gasteiger partial charge in [-0.3, -0.25) is 9.59 Å². The molecule has 0 bridgehead atoms. The van der Waals surface area contributed by atoms with Gasteiger partial charge in [-0.1, -0.05) is 72.7 Å². The minimum absolute atomic E-state index is 0.0473. The summed E-state index contributed by atoms with van der Waals surface area (Å²) in [4.78, 5) is 23.9. The molecule has 0 N–H and O–H groups in total. The molecule has 0 aliphatic heterocycles. The summed E-state index contributed by atoms with van der Waals surface area (Å²) in [5.74, 6) is 1.25. The number of hydrogen-bond acceptors (Lipinski definition) is 3. The first-order chi connectivity index (χ1) is 14.3. The highest BCUT2D eigenvalue weighted by atomic mass is 16.6. The molecule has 0 spiro atoms. The summed E-state index contributed by atoms with van der Waals surface area (Å²) < 4.78 is 5.77. The lowest BCUT2D eigenvalue weighted by Crippen LogP contribution is -2.35. The van der Waals surface area contributed by atoms with Crippen molar-refractivity contribution in [1.29, 1.82) is 0 Å². The summed E-state index contributed by atoms with van der Waals surface area (Å²) in [5, 5.41) is 0. The van der Waals surface area contributed by atoms with Gasteiger partial charge in [0.1, 0.15) is 11.4 Å². The lowest BCUT2D eigenvalue weighted by Gasteiger charge is -2.32. The highest BCUT2D eigenvalue weighted by Gasteiger charge is 2.32. The fourth-order valence-corrected chi connectivity index (χ4v) is 3.59. The lowest BCUT2D eigenvalue weighted by molar-refractivity contribution is -0.167. The molecule has 0 aliphatic rings. The van der Waals surface area contributed by atoms with Crippen molar-refractivity contribution in [1.82, 2.24) is 0 Å². The molecule has 184 valence electrons. The highest BCUT2D eigenvalue weighted by Crippen LogP contribution is 2.34. The first kappa shape index (κ1) is 30.4. The van der Waals surface area contributed by atoms with E-state index in [-0.39, 0.29) is 29.0 Å². The monoisotopic (exact) mass is 446 g/mol. The van der Waals surface area contributed by atoms with Crippen molar-refractivity contribution < 1.29 is 14.3 Å². The van der Waals surface area contributed by atoms with Crippen LogP contribution in [-0.2, 0) is 19.7 Å². The molecule has 2 atom stereocenters. The van der Waals surface area contributed by atoms with Crippen LogP contribution < -0.4 is 0 Å². The molecule has 0 saturated heterocycles. The van der Waals surface area contributed by atoms with E-state index in [0.717, 1.165) is 18.8 Å². The number of ketones is 1. The Bertz CT molecular complexity index is 715. The third kappa shape index (κ3) is 11.3. The second-order valence-electron chi connectivity index (χ2n) is 12.5. The van der Waals surface area contributed by atoms with Crippen LogP contribution in [0.4, 0.5) is 0 Å². The largest absolute Gasteiger partial charge is 0.459 e. The topological polar surface area (TPSA) is 43.4 Å². The van der Waals surface area contributed by atoms with Crippen LogP contribution in [0.3, 0.4) is 0 Å². The average molecular weight is 447 g/mol. The fourth-order valence-electron chi connectivity index (χ4n) is 3.59. The highest BCUT2D eigenvalue weighted by molar-refractivity contribution is 5.78. The van der Waals surface area contributed by atoms with Crippen molar-refractivity contribution in [3.8, 4) is 0 Å². The molecule has 0 aromatic heterocycles. The summed E-state index contributed by atoms with van der Waals surface area (Å²) in [6, 6.07) is 8.68. The van der Waals surface area contributed by atoms with E-state index < -0.39 is 11.0 Å². The minimum atomic E-state index is -0.515. The molecule has 0 fully saturated rings. The molecule has 0 amide bonds. The number of ether oxygens (including phenoxy) is 1. The first-order valence-electron chi connectivity index (χ1n) is 12.1. The van der Waals surface area contributed by atoms with Crippen LogP contribution in [-0.4, -0.2) is 17.4 Å². The lowest BCUT2D eigenvalue weighted by atomic mass is 9.76. The van der Waals surface area contributed by atoms with Gasteiger partial charge in [-0.25, -0.2) is 0 Å². The number of hydrogen-bond donors (Lipinski definition) is 0. The average Bonchev–Trinajstić information content (AvgIpc) is 2.59. The van der Waals surface area contributed by atoms with Crippen molar-refractivity contribution in [2.75, 3.05) is 0 Å². The van der Waals surface area contributed by atoms with E-state index >= 15 is 0 Å². The van der Waals surface area contributed by atoms with Gasteiger partial charge in [0, 0.05) is 5.92 Å². The Hall–Kier alpha value is -1.64. The smallest absolute Gasteiger partial charge is 0.311 e. The van der Waals surface area contributed by atoms with Gasteiger partial charge in [-0.2, -0.15) is 0 Å². The number of esters is 1. The van der Waals surface area contributed by atoms with E-state index in [2.05, 4.69) is 65.8 Å². The van der Waals surface area contributed by atoms with Crippen molar-refractivity contribution >= 4 is 11.8 Å². The molecular formula is C29H50O3. The third-order valence-electron chi connectivity index (χ3n) is 5.55. The number of benzene rings is 1. The number of carbonyl (C=O) groups is 2. The van der Waals surface area contributed by atoms with E-state index in [9.17, 15) is 9.59 Å². The van der Waals surface area contributed by atoms with E-state index in [0.29, 0.717) is 0 Å². The SMILES string of the molecule is CC(=O)C(C)CC(C)(C)c1ccc(C(C)CC(C)(C)OC(=O)C(C)(C)C)cc1.CC(C)C. The van der Waals surface area contributed by atoms with Crippen LogP contribution in [0.5, 0.6) is 0 Å². The standard InChI is InChI=1S/C25H40O3.C4H10/c1-17(19(3)26)15-24(7,8)21-13-11-20(12-14-21)18(2)16-25(9,10)28-22(27)23(4,5)6;1-4(2)3/h11-14,17-18H,15-16H2,1-10H3;4H,1-3H3. The van der Waals surface area contributed by atoms with Crippen molar-refractivity contribution in [2.45, 2.75) is 120 Å². The molecule has 0 radical (unpaired) electrons. The molecule has 1 rings (SSSR count). The molecular weight excluding hydrogens is 396 g/mol. The Morgan fingerprint density at radius 1 is 0.812 bits per heavy atom. The quantitative estimate of drug-likeness (QED) is 0.379. The van der Waals surface area contributed by atoms with Gasteiger partial charge >= 0.3 is 5.97 Å². The van der Waals surface area contributed by atoms with Gasteiger partial charge in [0.15, 0.2) is 0 Å². The van der Waals surface area contributed by atoms with E-state index in [1.54, 1.807) is 6.92 Å². The second-order valence-corrected chi connectivity index (χ2v) is 12.5. The maximum atomic E-state index is 12.2. The zero-order valence-electron chi connectivity index (χ0n) is 23.2. The zero-order valence-corrected chi connectivity index (χ0v) is 23.2. The molecule has 1 aromatic carbocycles. The summed E-state index contributed by atoms with van der Waals surface area (Å²) in [6.45, 7) is 26.3. The van der Waals surface area contributed by atoms with Crippen LogP contribution >= 0.6 is 0 Å². The van der Waals surface area contributed by atoms with Crippen LogP contribution in [0, 0.1) is 17.3 Å². The van der Waals surface area contributed by atoms with Gasteiger partial charge in [0.25, 0.3) is 0 Å². The number of carbonyl (C=O) groups excluding carboxylic acids is 2. The molecule has 2 unspecified atom stereocenters. The molecule has 3 nitrogen and oxygen atoms in total. The Morgan fingerprint density at radius 2 is 1.25 bits per heavy atom. The Morgan fingerprint density at radius 3 is 1.62 bits per heavy atom. The molecule has 3 heteroatoms. The maximum Gasteiger partial charge on any atom is 0.311 e. The zero-order chi connectivity index (χ0) is 25.5. The molecule has 1 aromatic rings. The Balaban J connectivity index is 0.00000220. The van der Waals surface area contributed by atoms with Crippen LogP contribution in [0.15, 0.2) is 24.3 Å². The Labute approximate surface area is 198 Å². The number of Topliss-reactive ketones (excluding diaryl/α,β-unsaturated/α-hetero) is 1. The van der Waals surface area contributed by atoms with Crippen LogP contribution in [0.2, 0.25) is 0 Å². The molecule has 0 heterocycles. The van der Waals surface area contributed by atoms with Crippen molar-refractivity contribution in [3.05, 3.63) is 35.4 Å². The first-order valence-corrected chi connectivity index (χ1v) is 12.1. The van der Waals surface area contributed by atoms with Crippen LogP contribution in [0.1, 0.15) is 120 Å². The summed E-state index contributed by atoms with van der Waals surface area (Å²) in [6.07, 6.45) is 1.60. The molecule has 32 heavy (non-hydrogen) atoms. The molecule has 0 saturated carbocycles. The van der Waals surface area contributed by atoms with Gasteiger partial charge in [-0.05, 0) is 82.8 Å². The van der Waals surface area contributed by atoms with Crippen molar-refractivity contribution in [2.24, 2.45) is 17.3 Å². The van der Waals surface area contributed by atoms with E-state index in [1.807, 2.05) is 41.5 Å². The predicted octanol–water partition coefficient (Wildman–Crippen LogP) is 8.10. The third-order valence-corrected chi connectivity index (χ3v) is 5.55. The summed E-state index contributed by atoms with van der Waals surface area (Å²) in [5.41, 5.74) is 1.42. The van der Waals surface area contributed by atoms with Gasteiger partial charge in [-0.15, -0.1) is 0 Å². The van der Waals surface area contributed by atoms with Crippen molar-refractivity contribution in [3.63, 3.8) is 0 Å². The minimum Gasteiger partial charge on any atom is -0.459 e.